The summed E-state index contributed by atoms with van der Waals surface area (Å²) in [6, 6.07) is 0. The van der Waals surface area contributed by atoms with Crippen molar-refractivity contribution in [2.45, 2.75) is 64.7 Å². The monoisotopic (exact) mass is 332 g/mol. The van der Waals surface area contributed by atoms with Crippen molar-refractivity contribution in [1.82, 2.24) is 9.80 Å². The van der Waals surface area contributed by atoms with E-state index in [1.807, 2.05) is 9.80 Å². The van der Waals surface area contributed by atoms with E-state index in [-0.39, 0.29) is 11.8 Å². The molecule has 2 saturated heterocycles. The first-order chi connectivity index (χ1) is 11.6. The number of fused-ring (bicyclic) bond motifs is 1. The second kappa shape index (κ2) is 8.17. The molecule has 134 valence electrons. The molecule has 0 aromatic rings. The summed E-state index contributed by atoms with van der Waals surface area (Å²) in [7, 11) is 0. The third-order valence-electron chi connectivity index (χ3n) is 6.08. The summed E-state index contributed by atoms with van der Waals surface area (Å²) < 4.78 is 0. The number of carbonyl (C=O) groups excluding carboxylic acids is 2. The Morgan fingerprint density at radius 3 is 2.42 bits per heavy atom. The third kappa shape index (κ3) is 4.40. The summed E-state index contributed by atoms with van der Waals surface area (Å²) >= 11 is 0. The quantitative estimate of drug-likeness (QED) is 0.741. The van der Waals surface area contributed by atoms with Gasteiger partial charge in [0.1, 0.15) is 0 Å². The number of allylic oxidation sites excluding steroid dienone is 1. The molecule has 0 N–H and O–H groups in total. The first-order valence-corrected chi connectivity index (χ1v) is 9.88. The van der Waals surface area contributed by atoms with Crippen LogP contribution in [0.3, 0.4) is 0 Å². The molecule has 0 spiro atoms. The molecule has 0 aromatic heterocycles. The average molecular weight is 332 g/mol. The maximum Gasteiger partial charge on any atom is 0.222 e. The summed E-state index contributed by atoms with van der Waals surface area (Å²) in [4.78, 5) is 28.7. The molecular weight excluding hydrogens is 300 g/mol. The van der Waals surface area contributed by atoms with Crippen molar-refractivity contribution >= 4 is 11.8 Å². The van der Waals surface area contributed by atoms with Gasteiger partial charge in [0.15, 0.2) is 0 Å². The van der Waals surface area contributed by atoms with Gasteiger partial charge in [-0.05, 0) is 56.8 Å². The van der Waals surface area contributed by atoms with Crippen LogP contribution in [0.25, 0.3) is 0 Å². The zero-order valence-electron chi connectivity index (χ0n) is 15.1. The van der Waals surface area contributed by atoms with Crippen molar-refractivity contribution in [3.8, 4) is 0 Å². The molecular formula is C20H32N2O2. The highest BCUT2D eigenvalue weighted by Gasteiger charge is 2.27. The van der Waals surface area contributed by atoms with Gasteiger partial charge in [-0.3, -0.25) is 9.59 Å². The van der Waals surface area contributed by atoms with Crippen molar-refractivity contribution in [2.24, 2.45) is 11.8 Å². The Labute approximate surface area is 146 Å². The first-order valence-electron chi connectivity index (χ1n) is 9.88. The fourth-order valence-electron chi connectivity index (χ4n) is 4.32. The number of piperidine rings is 2. The van der Waals surface area contributed by atoms with Crippen molar-refractivity contribution in [2.75, 3.05) is 26.2 Å². The number of nitrogens with zero attached hydrogens (tertiary/aromatic N) is 2. The van der Waals surface area contributed by atoms with Gasteiger partial charge >= 0.3 is 0 Å². The van der Waals surface area contributed by atoms with E-state index in [2.05, 4.69) is 13.0 Å². The fraction of sp³-hybridized carbons (Fsp3) is 0.800. The topological polar surface area (TPSA) is 40.6 Å². The van der Waals surface area contributed by atoms with Gasteiger partial charge in [-0.1, -0.05) is 18.6 Å². The Bertz CT molecular complexity index is 492. The molecule has 1 aliphatic carbocycles. The predicted octanol–water partition coefficient (Wildman–Crippen LogP) is 3.37. The molecule has 0 aromatic carbocycles. The lowest BCUT2D eigenvalue weighted by molar-refractivity contribution is -0.133. The molecule has 2 aliphatic heterocycles. The van der Waals surface area contributed by atoms with Gasteiger partial charge in [0.05, 0.1) is 0 Å². The van der Waals surface area contributed by atoms with Crippen LogP contribution in [0.4, 0.5) is 0 Å². The van der Waals surface area contributed by atoms with E-state index in [9.17, 15) is 9.59 Å². The zero-order chi connectivity index (χ0) is 16.9. The largest absolute Gasteiger partial charge is 0.343 e. The van der Waals surface area contributed by atoms with E-state index >= 15 is 0 Å². The minimum atomic E-state index is 0.236. The summed E-state index contributed by atoms with van der Waals surface area (Å²) in [6.07, 6.45) is 11.3. The lowest BCUT2D eigenvalue weighted by Crippen LogP contribution is -2.40. The van der Waals surface area contributed by atoms with Crippen molar-refractivity contribution in [3.63, 3.8) is 0 Å². The van der Waals surface area contributed by atoms with Crippen LogP contribution in [-0.4, -0.2) is 47.8 Å². The van der Waals surface area contributed by atoms with E-state index < -0.39 is 0 Å². The summed E-state index contributed by atoms with van der Waals surface area (Å²) in [5.74, 6) is 1.95. The lowest BCUT2D eigenvalue weighted by Gasteiger charge is -2.36. The van der Waals surface area contributed by atoms with Crippen LogP contribution < -0.4 is 0 Å². The predicted molar refractivity (Wildman–Crippen MR) is 95.5 cm³/mol. The molecule has 3 rings (SSSR count). The molecule has 0 saturated carbocycles. The number of rotatable bonds is 4. The van der Waals surface area contributed by atoms with Gasteiger partial charge < -0.3 is 9.80 Å². The van der Waals surface area contributed by atoms with Gasteiger partial charge in [0, 0.05) is 39.0 Å². The van der Waals surface area contributed by atoms with Crippen LogP contribution in [-0.2, 0) is 9.59 Å². The van der Waals surface area contributed by atoms with Crippen molar-refractivity contribution in [3.05, 3.63) is 11.6 Å². The van der Waals surface area contributed by atoms with Gasteiger partial charge in [-0.25, -0.2) is 0 Å². The molecule has 1 atom stereocenters. The maximum atomic E-state index is 12.4. The second-order valence-corrected chi connectivity index (χ2v) is 7.93. The molecule has 1 unspecified atom stereocenters. The molecule has 2 amide bonds. The Morgan fingerprint density at radius 1 is 1.00 bits per heavy atom. The average Bonchev–Trinajstić information content (AvgIpc) is 2.61. The van der Waals surface area contributed by atoms with Crippen LogP contribution in [0.15, 0.2) is 11.6 Å². The van der Waals surface area contributed by atoms with Crippen LogP contribution in [0.1, 0.15) is 64.7 Å². The molecule has 24 heavy (non-hydrogen) atoms. The molecule has 4 nitrogen and oxygen atoms in total. The molecule has 2 heterocycles. The molecule has 2 fully saturated rings. The highest BCUT2D eigenvalue weighted by molar-refractivity contribution is 5.79. The summed E-state index contributed by atoms with van der Waals surface area (Å²) in [6.45, 7) is 5.79. The smallest absolute Gasteiger partial charge is 0.222 e. The number of amides is 2. The second-order valence-electron chi connectivity index (χ2n) is 7.93. The zero-order valence-corrected chi connectivity index (χ0v) is 15.1. The Balaban J connectivity index is 1.38. The van der Waals surface area contributed by atoms with Gasteiger partial charge in [0.2, 0.25) is 11.8 Å². The summed E-state index contributed by atoms with van der Waals surface area (Å²) in [5, 5.41) is 0. The van der Waals surface area contributed by atoms with Crippen LogP contribution >= 0.6 is 0 Å². The Hall–Kier alpha value is -1.32. The fourth-order valence-corrected chi connectivity index (χ4v) is 4.32. The number of hydrogen-bond acceptors (Lipinski definition) is 2. The van der Waals surface area contributed by atoms with Crippen LogP contribution in [0, 0.1) is 11.8 Å². The van der Waals surface area contributed by atoms with E-state index in [0.29, 0.717) is 19.3 Å². The van der Waals surface area contributed by atoms with Crippen molar-refractivity contribution in [1.29, 1.82) is 0 Å². The highest BCUT2D eigenvalue weighted by atomic mass is 16.2. The number of carbonyl (C=O) groups is 2. The molecule has 0 radical (unpaired) electrons. The molecule has 3 aliphatic rings. The number of hydrogen-bond donors (Lipinski definition) is 0. The van der Waals surface area contributed by atoms with E-state index in [1.165, 1.54) is 24.8 Å². The van der Waals surface area contributed by atoms with Gasteiger partial charge in [-0.15, -0.1) is 0 Å². The van der Waals surface area contributed by atoms with E-state index in [4.69, 9.17) is 0 Å². The first kappa shape index (κ1) is 17.5. The van der Waals surface area contributed by atoms with Crippen LogP contribution in [0.2, 0.25) is 0 Å². The standard InChI is InChI=1S/C20H32N2O2/c1-16-9-12-21(13-10-16)19(23)7-4-8-20(24)22-14-11-17-5-2-3-6-18(17)15-22/h6,16-17H,2-5,7-15H2,1H3. The van der Waals surface area contributed by atoms with Crippen molar-refractivity contribution < 1.29 is 9.59 Å². The number of likely N-dealkylation sites (tertiary alicyclic amines) is 2. The van der Waals surface area contributed by atoms with E-state index in [1.54, 1.807) is 0 Å². The normalized spacial score (nSPS) is 25.2. The Morgan fingerprint density at radius 2 is 1.67 bits per heavy atom. The third-order valence-corrected chi connectivity index (χ3v) is 6.08. The maximum absolute atomic E-state index is 12.4. The van der Waals surface area contributed by atoms with E-state index in [0.717, 1.165) is 57.3 Å². The summed E-state index contributed by atoms with van der Waals surface area (Å²) in [5.41, 5.74) is 1.49. The molecule has 0 bridgehead atoms. The SMILES string of the molecule is CC1CCN(C(=O)CCCC(=O)N2CCC3CCCC=C3C2)CC1. The highest BCUT2D eigenvalue weighted by Crippen LogP contribution is 2.32. The Kier molecular flexibility index (Phi) is 5.96. The van der Waals surface area contributed by atoms with Crippen LogP contribution in [0.5, 0.6) is 0 Å². The van der Waals surface area contributed by atoms with Gasteiger partial charge in [-0.2, -0.15) is 0 Å². The minimum Gasteiger partial charge on any atom is -0.343 e. The lowest BCUT2D eigenvalue weighted by atomic mass is 9.82. The minimum absolute atomic E-state index is 0.236. The molecule has 4 heteroatoms. The van der Waals surface area contributed by atoms with Gasteiger partial charge in [0.25, 0.3) is 0 Å².